The molecule has 0 saturated carbocycles. The van der Waals surface area contributed by atoms with E-state index >= 15 is 0 Å². The van der Waals surface area contributed by atoms with Crippen LogP contribution < -0.4 is 10.0 Å². The highest BCUT2D eigenvalue weighted by Crippen LogP contribution is 2.33. The van der Waals surface area contributed by atoms with E-state index in [9.17, 15) is 23.3 Å². The van der Waals surface area contributed by atoms with Crippen molar-refractivity contribution < 1.29 is 18.1 Å². The zero-order chi connectivity index (χ0) is 16.7. The number of sulfonamides is 1. The fraction of sp³-hybridized carbons (Fsp3) is 0.462. The average molecular weight is 327 g/mol. The van der Waals surface area contributed by atoms with Gasteiger partial charge in [0.25, 0.3) is 5.69 Å². The summed E-state index contributed by atoms with van der Waals surface area (Å²) in [4.78, 5) is 24.1. The lowest BCUT2D eigenvalue weighted by Crippen LogP contribution is -2.28. The fourth-order valence-corrected chi connectivity index (χ4v) is 3.65. The van der Waals surface area contributed by atoms with Gasteiger partial charge in [-0.3, -0.25) is 14.9 Å². The van der Waals surface area contributed by atoms with E-state index in [1.165, 1.54) is 11.0 Å². The predicted molar refractivity (Wildman–Crippen MR) is 81.0 cm³/mol. The number of primary sulfonamides is 1. The summed E-state index contributed by atoms with van der Waals surface area (Å²) in [7, 11) is -3.66. The van der Waals surface area contributed by atoms with Gasteiger partial charge >= 0.3 is 0 Å². The van der Waals surface area contributed by atoms with Crippen molar-refractivity contribution in [2.75, 3.05) is 17.2 Å². The number of aryl methyl sites for hydroxylation is 2. The first kappa shape index (κ1) is 16.4. The molecule has 120 valence electrons. The van der Waals surface area contributed by atoms with Crippen molar-refractivity contribution >= 4 is 27.3 Å². The molecule has 1 aliphatic heterocycles. The van der Waals surface area contributed by atoms with Crippen molar-refractivity contribution in [3.05, 3.63) is 33.4 Å². The number of carbonyl (C=O) groups is 1. The van der Waals surface area contributed by atoms with Crippen LogP contribution >= 0.6 is 0 Å². The van der Waals surface area contributed by atoms with Gasteiger partial charge in [0.05, 0.1) is 16.4 Å². The minimum absolute atomic E-state index is 0.0664. The predicted octanol–water partition coefficient (Wildman–Crippen LogP) is 0.853. The number of nitro benzene ring substituents is 1. The Morgan fingerprint density at radius 3 is 2.55 bits per heavy atom. The Morgan fingerprint density at radius 2 is 2.00 bits per heavy atom. The number of hydrogen-bond donors (Lipinski definition) is 1. The summed E-state index contributed by atoms with van der Waals surface area (Å²) in [6.45, 7) is 3.58. The monoisotopic (exact) mass is 327 g/mol. The van der Waals surface area contributed by atoms with Gasteiger partial charge in [-0.2, -0.15) is 0 Å². The normalized spacial score (nSPS) is 18.8. The van der Waals surface area contributed by atoms with Gasteiger partial charge in [0.1, 0.15) is 0 Å². The number of amides is 1. The van der Waals surface area contributed by atoms with Crippen LogP contribution in [0.4, 0.5) is 11.4 Å². The Kier molecular flexibility index (Phi) is 4.21. The quantitative estimate of drug-likeness (QED) is 0.648. The van der Waals surface area contributed by atoms with Crippen LogP contribution in [-0.4, -0.2) is 31.5 Å². The molecular weight excluding hydrogens is 310 g/mol. The van der Waals surface area contributed by atoms with Crippen LogP contribution in [0, 0.1) is 29.9 Å². The zero-order valence-corrected chi connectivity index (χ0v) is 13.1. The van der Waals surface area contributed by atoms with Gasteiger partial charge in [0.2, 0.25) is 15.9 Å². The highest BCUT2D eigenvalue weighted by atomic mass is 32.2. The fourth-order valence-electron chi connectivity index (χ4n) is 2.77. The number of rotatable bonds is 4. The molecule has 0 radical (unpaired) electrons. The Labute approximate surface area is 128 Å². The second-order valence-electron chi connectivity index (χ2n) is 5.59. The zero-order valence-electron chi connectivity index (χ0n) is 12.3. The van der Waals surface area contributed by atoms with Crippen molar-refractivity contribution in [2.45, 2.75) is 20.3 Å². The van der Waals surface area contributed by atoms with Crippen molar-refractivity contribution in [1.29, 1.82) is 0 Å². The van der Waals surface area contributed by atoms with Crippen LogP contribution in [0.15, 0.2) is 12.1 Å². The molecule has 1 aromatic rings. The first-order valence-corrected chi connectivity index (χ1v) is 8.36. The number of nitro groups is 1. The maximum Gasteiger partial charge on any atom is 0.274 e. The largest absolute Gasteiger partial charge is 0.312 e. The molecule has 1 amide bonds. The van der Waals surface area contributed by atoms with Crippen LogP contribution in [-0.2, 0) is 14.8 Å². The summed E-state index contributed by atoms with van der Waals surface area (Å²) in [5, 5.41) is 16.1. The van der Waals surface area contributed by atoms with Crippen LogP contribution in [0.2, 0.25) is 0 Å². The van der Waals surface area contributed by atoms with Gasteiger partial charge in [0, 0.05) is 30.5 Å². The minimum Gasteiger partial charge on any atom is -0.312 e. The maximum atomic E-state index is 12.1. The lowest BCUT2D eigenvalue weighted by Gasteiger charge is -2.19. The third-order valence-electron chi connectivity index (χ3n) is 3.68. The summed E-state index contributed by atoms with van der Waals surface area (Å²) in [5.41, 5.74) is 1.62. The average Bonchev–Trinajstić information content (AvgIpc) is 2.67. The summed E-state index contributed by atoms with van der Waals surface area (Å²) >= 11 is 0. The van der Waals surface area contributed by atoms with Crippen LogP contribution in [0.3, 0.4) is 0 Å². The summed E-state index contributed by atoms with van der Waals surface area (Å²) in [6.07, 6.45) is 0.0670. The molecule has 8 nitrogen and oxygen atoms in total. The number of carbonyl (C=O) groups excluding carboxylic acids is 1. The van der Waals surface area contributed by atoms with Crippen LogP contribution in [0.5, 0.6) is 0 Å². The van der Waals surface area contributed by atoms with Crippen LogP contribution in [0.1, 0.15) is 17.5 Å². The molecule has 9 heteroatoms. The third kappa shape index (κ3) is 3.42. The molecule has 22 heavy (non-hydrogen) atoms. The van der Waals surface area contributed by atoms with Gasteiger partial charge in [-0.05, 0) is 25.5 Å². The molecule has 1 aliphatic rings. The van der Waals surface area contributed by atoms with Gasteiger partial charge in [-0.25, -0.2) is 13.6 Å². The Hall–Kier alpha value is -2.00. The standard InChI is InChI=1S/C13H17N3O5S/c1-8-3-9(2)12(16(18)19)5-11(8)15-6-10(4-13(15)17)7-22(14,20)21/h3,5,10H,4,6-7H2,1-2H3,(H2,14,20,21). The van der Waals surface area contributed by atoms with E-state index in [2.05, 4.69) is 0 Å². The number of anilines is 1. The van der Waals surface area contributed by atoms with Crippen LogP contribution in [0.25, 0.3) is 0 Å². The maximum absolute atomic E-state index is 12.1. The first-order valence-electron chi connectivity index (χ1n) is 6.65. The molecule has 1 saturated heterocycles. The van der Waals surface area contributed by atoms with Crippen molar-refractivity contribution in [3.63, 3.8) is 0 Å². The van der Waals surface area contributed by atoms with E-state index in [0.29, 0.717) is 11.3 Å². The third-order valence-corrected chi connectivity index (χ3v) is 4.61. The minimum atomic E-state index is -3.66. The molecule has 0 bridgehead atoms. The lowest BCUT2D eigenvalue weighted by molar-refractivity contribution is -0.385. The molecule has 1 aromatic carbocycles. The highest BCUT2D eigenvalue weighted by molar-refractivity contribution is 7.89. The van der Waals surface area contributed by atoms with Crippen molar-refractivity contribution in [3.8, 4) is 0 Å². The molecule has 0 spiro atoms. The van der Waals surface area contributed by atoms with E-state index < -0.39 is 20.9 Å². The van der Waals surface area contributed by atoms with Crippen molar-refractivity contribution in [2.24, 2.45) is 11.1 Å². The smallest absolute Gasteiger partial charge is 0.274 e. The van der Waals surface area contributed by atoms with Crippen molar-refractivity contribution in [1.82, 2.24) is 0 Å². The second kappa shape index (κ2) is 5.65. The molecular formula is C13H17N3O5S. The van der Waals surface area contributed by atoms with Gasteiger partial charge in [0.15, 0.2) is 0 Å². The Bertz CT molecular complexity index is 744. The summed E-state index contributed by atoms with van der Waals surface area (Å²) in [5.74, 6) is -0.931. The number of nitrogens with zero attached hydrogens (tertiary/aromatic N) is 2. The summed E-state index contributed by atoms with van der Waals surface area (Å²) in [6, 6.07) is 3.01. The molecule has 1 unspecified atom stereocenters. The molecule has 2 N–H and O–H groups in total. The molecule has 1 atom stereocenters. The number of hydrogen-bond acceptors (Lipinski definition) is 5. The van der Waals surface area contributed by atoms with E-state index in [0.717, 1.165) is 5.56 Å². The van der Waals surface area contributed by atoms with E-state index in [1.807, 2.05) is 0 Å². The van der Waals surface area contributed by atoms with Gasteiger partial charge in [-0.1, -0.05) is 0 Å². The Morgan fingerprint density at radius 1 is 1.36 bits per heavy atom. The summed E-state index contributed by atoms with van der Waals surface area (Å²) < 4.78 is 22.3. The molecule has 1 heterocycles. The SMILES string of the molecule is Cc1cc(C)c([N+](=O)[O-])cc1N1CC(CS(N)(=O)=O)CC1=O. The van der Waals surface area contributed by atoms with E-state index in [-0.39, 0.29) is 30.3 Å². The topological polar surface area (TPSA) is 124 Å². The number of benzene rings is 1. The molecule has 2 rings (SSSR count). The van der Waals surface area contributed by atoms with Gasteiger partial charge in [-0.15, -0.1) is 0 Å². The first-order chi connectivity index (χ1) is 10.1. The van der Waals surface area contributed by atoms with Gasteiger partial charge < -0.3 is 4.90 Å². The van der Waals surface area contributed by atoms with E-state index in [4.69, 9.17) is 5.14 Å². The molecule has 0 aliphatic carbocycles. The number of nitrogens with two attached hydrogens (primary N) is 1. The Balaban J connectivity index is 2.34. The highest BCUT2D eigenvalue weighted by Gasteiger charge is 2.34. The molecule has 0 aromatic heterocycles. The molecule has 1 fully saturated rings. The van der Waals surface area contributed by atoms with E-state index in [1.54, 1.807) is 19.9 Å². The lowest BCUT2D eigenvalue weighted by atomic mass is 10.1. The second-order valence-corrected chi connectivity index (χ2v) is 7.25.